The van der Waals surface area contributed by atoms with Crippen LogP contribution in [0.5, 0.6) is 0 Å². The van der Waals surface area contributed by atoms with E-state index >= 15 is 0 Å². The third kappa shape index (κ3) is 3.62. The van der Waals surface area contributed by atoms with Crippen LogP contribution in [0.3, 0.4) is 0 Å². The first kappa shape index (κ1) is 14.1. The summed E-state index contributed by atoms with van der Waals surface area (Å²) in [5, 5.41) is 11.7. The summed E-state index contributed by atoms with van der Waals surface area (Å²) in [7, 11) is 0. The molecule has 0 aromatic heterocycles. The maximum absolute atomic E-state index is 12.4. The first-order chi connectivity index (χ1) is 10.2. The van der Waals surface area contributed by atoms with E-state index in [0.29, 0.717) is 11.6 Å². The van der Waals surface area contributed by atoms with E-state index in [2.05, 4.69) is 16.3 Å². The van der Waals surface area contributed by atoms with E-state index in [-0.39, 0.29) is 11.9 Å². The maximum atomic E-state index is 12.4. The molecule has 1 N–H and O–H groups in total. The van der Waals surface area contributed by atoms with Gasteiger partial charge < -0.3 is 5.32 Å². The van der Waals surface area contributed by atoms with Gasteiger partial charge in [-0.25, -0.2) is 0 Å². The summed E-state index contributed by atoms with van der Waals surface area (Å²) in [6, 6.07) is 9.61. The second-order valence-electron chi connectivity index (χ2n) is 6.23. The second-order valence-corrected chi connectivity index (χ2v) is 6.23. The number of nitriles is 1. The van der Waals surface area contributed by atoms with Gasteiger partial charge in [0.15, 0.2) is 0 Å². The number of benzene rings is 1. The Labute approximate surface area is 125 Å². The van der Waals surface area contributed by atoms with Crippen molar-refractivity contribution in [1.82, 2.24) is 4.90 Å². The molecule has 1 amide bonds. The van der Waals surface area contributed by atoms with E-state index in [1.165, 1.54) is 25.7 Å². The van der Waals surface area contributed by atoms with Gasteiger partial charge in [-0.1, -0.05) is 0 Å². The van der Waals surface area contributed by atoms with Crippen LogP contribution >= 0.6 is 0 Å². The van der Waals surface area contributed by atoms with Gasteiger partial charge in [-0.3, -0.25) is 9.69 Å². The maximum Gasteiger partial charge on any atom is 0.241 e. The number of amides is 1. The number of nitrogens with one attached hydrogen (secondary N) is 1. The van der Waals surface area contributed by atoms with E-state index in [4.69, 9.17) is 5.26 Å². The van der Waals surface area contributed by atoms with Crippen LogP contribution in [0.2, 0.25) is 0 Å². The lowest BCUT2D eigenvalue weighted by Gasteiger charge is -2.28. The van der Waals surface area contributed by atoms with Gasteiger partial charge in [0, 0.05) is 18.3 Å². The second kappa shape index (κ2) is 5.87. The van der Waals surface area contributed by atoms with E-state index in [9.17, 15) is 4.79 Å². The molecule has 3 rings (SSSR count). The third-order valence-electron chi connectivity index (χ3n) is 4.34. The molecule has 4 heteroatoms. The predicted molar refractivity (Wildman–Crippen MR) is 81.7 cm³/mol. The Kier molecular flexibility index (Phi) is 3.94. The normalized spacial score (nSPS) is 19.1. The number of carbonyl (C=O) groups excluding carboxylic acids is 1. The highest BCUT2D eigenvalue weighted by Crippen LogP contribution is 2.36. The Morgan fingerprint density at radius 3 is 2.52 bits per heavy atom. The lowest BCUT2D eigenvalue weighted by atomic mass is 10.2. The van der Waals surface area contributed by atoms with Crippen molar-refractivity contribution < 1.29 is 4.79 Å². The molecule has 110 valence electrons. The number of rotatable bonds is 6. The molecule has 1 atom stereocenters. The average Bonchev–Trinajstić information content (AvgIpc) is 3.38. The van der Waals surface area contributed by atoms with Crippen LogP contribution in [0, 0.1) is 17.2 Å². The Balaban J connectivity index is 1.60. The minimum atomic E-state index is -0.0891. The van der Waals surface area contributed by atoms with Gasteiger partial charge in [0.2, 0.25) is 5.91 Å². The largest absolute Gasteiger partial charge is 0.325 e. The van der Waals surface area contributed by atoms with E-state index < -0.39 is 0 Å². The van der Waals surface area contributed by atoms with Crippen LogP contribution < -0.4 is 5.32 Å². The van der Waals surface area contributed by atoms with Crippen molar-refractivity contribution in [3.05, 3.63) is 29.8 Å². The molecule has 0 spiro atoms. The summed E-state index contributed by atoms with van der Waals surface area (Å²) in [5.74, 6) is 0.850. The monoisotopic (exact) mass is 283 g/mol. The van der Waals surface area contributed by atoms with Gasteiger partial charge in [-0.2, -0.15) is 5.26 Å². The van der Waals surface area contributed by atoms with Crippen molar-refractivity contribution in [2.75, 3.05) is 11.9 Å². The molecule has 2 saturated carbocycles. The van der Waals surface area contributed by atoms with Crippen LogP contribution in [-0.4, -0.2) is 29.4 Å². The average molecular weight is 283 g/mol. The molecular weight excluding hydrogens is 262 g/mol. The van der Waals surface area contributed by atoms with Crippen LogP contribution in [0.4, 0.5) is 5.69 Å². The van der Waals surface area contributed by atoms with Crippen molar-refractivity contribution in [3.8, 4) is 6.07 Å². The van der Waals surface area contributed by atoms with E-state index in [1.54, 1.807) is 24.3 Å². The Morgan fingerprint density at radius 1 is 1.33 bits per heavy atom. The lowest BCUT2D eigenvalue weighted by molar-refractivity contribution is -0.121. The van der Waals surface area contributed by atoms with Crippen molar-refractivity contribution in [1.29, 1.82) is 5.26 Å². The highest BCUT2D eigenvalue weighted by molar-refractivity contribution is 5.94. The predicted octanol–water partition coefficient (Wildman–Crippen LogP) is 2.76. The summed E-state index contributed by atoms with van der Waals surface area (Å²) in [4.78, 5) is 14.8. The summed E-state index contributed by atoms with van der Waals surface area (Å²) in [6.45, 7) is 3.06. The van der Waals surface area contributed by atoms with Gasteiger partial charge in [-0.15, -0.1) is 0 Å². The highest BCUT2D eigenvalue weighted by Gasteiger charge is 2.38. The van der Waals surface area contributed by atoms with Crippen LogP contribution in [0.15, 0.2) is 24.3 Å². The fraction of sp³-hybridized carbons (Fsp3) is 0.529. The fourth-order valence-corrected chi connectivity index (χ4v) is 2.65. The quantitative estimate of drug-likeness (QED) is 0.873. The number of hydrogen-bond donors (Lipinski definition) is 1. The summed E-state index contributed by atoms with van der Waals surface area (Å²) in [5.41, 5.74) is 1.36. The van der Waals surface area contributed by atoms with Crippen LogP contribution in [-0.2, 0) is 4.79 Å². The van der Waals surface area contributed by atoms with Crippen LogP contribution in [0.25, 0.3) is 0 Å². The minimum absolute atomic E-state index is 0.0484. The molecule has 0 heterocycles. The molecule has 2 aliphatic carbocycles. The smallest absolute Gasteiger partial charge is 0.241 e. The molecule has 1 unspecified atom stereocenters. The topological polar surface area (TPSA) is 56.1 Å². The summed E-state index contributed by atoms with van der Waals surface area (Å²) < 4.78 is 0. The van der Waals surface area contributed by atoms with Crippen molar-refractivity contribution in [2.45, 2.75) is 44.7 Å². The number of anilines is 1. The van der Waals surface area contributed by atoms with Gasteiger partial charge in [0.05, 0.1) is 17.7 Å². The zero-order valence-corrected chi connectivity index (χ0v) is 12.4. The van der Waals surface area contributed by atoms with Gasteiger partial charge >= 0.3 is 0 Å². The molecule has 1 aromatic carbocycles. The van der Waals surface area contributed by atoms with Crippen molar-refractivity contribution in [3.63, 3.8) is 0 Å². The zero-order chi connectivity index (χ0) is 14.8. The molecule has 0 bridgehead atoms. The van der Waals surface area contributed by atoms with Gasteiger partial charge in [-0.05, 0) is 62.8 Å². The number of hydrogen-bond acceptors (Lipinski definition) is 3. The molecular formula is C17H21N3O. The van der Waals surface area contributed by atoms with Gasteiger partial charge in [0.25, 0.3) is 0 Å². The standard InChI is InChI=1S/C17H21N3O/c1-12(20(16-8-9-16)11-14-2-3-14)17(21)19-15-6-4-13(10-18)5-7-15/h4-7,12,14,16H,2-3,8-9,11H2,1H3,(H,19,21). The Bertz CT molecular complexity index is 552. The summed E-state index contributed by atoms with van der Waals surface area (Å²) >= 11 is 0. The SMILES string of the molecule is CC(C(=O)Nc1ccc(C#N)cc1)N(CC1CC1)C1CC1. The number of carbonyl (C=O) groups is 1. The van der Waals surface area contributed by atoms with Crippen molar-refractivity contribution in [2.24, 2.45) is 5.92 Å². The molecule has 0 saturated heterocycles. The molecule has 2 fully saturated rings. The van der Waals surface area contributed by atoms with E-state index in [0.717, 1.165) is 18.2 Å². The van der Waals surface area contributed by atoms with Crippen molar-refractivity contribution >= 4 is 11.6 Å². The molecule has 0 radical (unpaired) electrons. The fourth-order valence-electron chi connectivity index (χ4n) is 2.65. The van der Waals surface area contributed by atoms with Crippen LogP contribution in [0.1, 0.15) is 38.2 Å². The van der Waals surface area contributed by atoms with E-state index in [1.807, 2.05) is 6.92 Å². The minimum Gasteiger partial charge on any atom is -0.325 e. The summed E-state index contributed by atoms with van der Waals surface area (Å²) in [6.07, 6.45) is 5.07. The molecule has 0 aliphatic heterocycles. The zero-order valence-electron chi connectivity index (χ0n) is 12.4. The Morgan fingerprint density at radius 2 is 2.00 bits per heavy atom. The molecule has 1 aromatic rings. The first-order valence-corrected chi connectivity index (χ1v) is 7.74. The highest BCUT2D eigenvalue weighted by atomic mass is 16.2. The first-order valence-electron chi connectivity index (χ1n) is 7.74. The lowest BCUT2D eigenvalue weighted by Crippen LogP contribution is -2.44. The van der Waals surface area contributed by atoms with Gasteiger partial charge in [0.1, 0.15) is 0 Å². The molecule has 2 aliphatic rings. The third-order valence-corrected chi connectivity index (χ3v) is 4.34. The molecule has 4 nitrogen and oxygen atoms in total. The number of nitrogens with zero attached hydrogens (tertiary/aromatic N) is 2. The Hall–Kier alpha value is -1.86. The molecule has 21 heavy (non-hydrogen) atoms.